The van der Waals surface area contributed by atoms with Gasteiger partial charge in [-0.05, 0) is 42.8 Å². The zero-order chi connectivity index (χ0) is 16.1. The van der Waals surface area contributed by atoms with Crippen LogP contribution in [0.1, 0.15) is 27.4 Å². The number of hydrogen-bond acceptors (Lipinski definition) is 4. The Balaban J connectivity index is 1.58. The summed E-state index contributed by atoms with van der Waals surface area (Å²) in [5.74, 6) is 0.841. The lowest BCUT2D eigenvalue weighted by Crippen LogP contribution is -2.12. The number of carbonyl (C=O) groups is 1. The Bertz CT molecular complexity index is 774. The summed E-state index contributed by atoms with van der Waals surface area (Å²) in [5.41, 5.74) is 2.47. The smallest absolute Gasteiger partial charge is 0.291 e. The summed E-state index contributed by atoms with van der Waals surface area (Å²) in [6.45, 7) is 2.68. The van der Waals surface area contributed by atoms with Crippen molar-refractivity contribution in [3.05, 3.63) is 77.6 Å². The van der Waals surface area contributed by atoms with Crippen molar-refractivity contribution in [1.29, 1.82) is 0 Å². The van der Waals surface area contributed by atoms with Gasteiger partial charge in [0, 0.05) is 11.3 Å². The van der Waals surface area contributed by atoms with Gasteiger partial charge < -0.3 is 18.9 Å². The first-order valence-electron chi connectivity index (χ1n) is 7.27. The third kappa shape index (κ3) is 3.90. The average Bonchev–Trinajstić information content (AvgIpc) is 3.19. The Morgan fingerprint density at radius 2 is 2.00 bits per heavy atom. The van der Waals surface area contributed by atoms with E-state index in [4.69, 9.17) is 13.6 Å². The third-order valence-corrected chi connectivity index (χ3v) is 3.35. The van der Waals surface area contributed by atoms with Gasteiger partial charge in [-0.1, -0.05) is 12.1 Å². The number of rotatable bonds is 6. The molecule has 0 unspecified atom stereocenters. The second-order valence-electron chi connectivity index (χ2n) is 5.16. The fourth-order valence-electron chi connectivity index (χ4n) is 2.20. The topological polar surface area (TPSA) is 64.6 Å². The lowest BCUT2D eigenvalue weighted by atomic mass is 10.2. The maximum Gasteiger partial charge on any atom is 0.291 e. The summed E-state index contributed by atoms with van der Waals surface area (Å²) >= 11 is 0. The fraction of sp³-hybridized carbons (Fsp3) is 0.167. The van der Waals surface area contributed by atoms with Crippen molar-refractivity contribution in [2.24, 2.45) is 0 Å². The molecule has 3 aromatic rings. The van der Waals surface area contributed by atoms with Gasteiger partial charge in [-0.15, -0.1) is 0 Å². The number of amides is 1. The van der Waals surface area contributed by atoms with Crippen molar-refractivity contribution in [3.63, 3.8) is 0 Å². The number of aryl methyl sites for hydroxylation is 1. The predicted octanol–water partition coefficient (Wildman–Crippen LogP) is 4.15. The number of carbonyl (C=O) groups excluding carboxylic acids is 1. The lowest BCUT2D eigenvalue weighted by Gasteiger charge is -2.07. The molecule has 0 aliphatic heterocycles. The van der Waals surface area contributed by atoms with Crippen molar-refractivity contribution in [2.75, 3.05) is 5.32 Å². The van der Waals surface area contributed by atoms with E-state index >= 15 is 0 Å². The van der Waals surface area contributed by atoms with Crippen LogP contribution in [0.3, 0.4) is 0 Å². The Labute approximate surface area is 133 Å². The normalized spacial score (nSPS) is 10.7. The van der Waals surface area contributed by atoms with E-state index in [0.29, 0.717) is 24.7 Å². The Kier molecular flexibility index (Phi) is 4.59. The molecule has 5 heteroatoms. The van der Waals surface area contributed by atoms with Gasteiger partial charge in [0.25, 0.3) is 5.91 Å². The molecule has 0 fully saturated rings. The maximum absolute atomic E-state index is 12.1. The first-order chi connectivity index (χ1) is 11.2. The highest BCUT2D eigenvalue weighted by Crippen LogP contribution is 2.16. The van der Waals surface area contributed by atoms with Gasteiger partial charge >= 0.3 is 0 Å². The van der Waals surface area contributed by atoms with Crippen LogP contribution in [0, 0.1) is 6.92 Å². The minimum Gasteiger partial charge on any atom is -0.467 e. The van der Waals surface area contributed by atoms with Gasteiger partial charge in [0.15, 0.2) is 5.76 Å². The van der Waals surface area contributed by atoms with Gasteiger partial charge in [0.2, 0.25) is 0 Å². The molecule has 0 saturated carbocycles. The predicted molar refractivity (Wildman–Crippen MR) is 85.0 cm³/mol. The van der Waals surface area contributed by atoms with Gasteiger partial charge in [0.05, 0.1) is 19.1 Å². The van der Waals surface area contributed by atoms with E-state index in [9.17, 15) is 4.79 Å². The minimum absolute atomic E-state index is 0.263. The molecule has 23 heavy (non-hydrogen) atoms. The molecule has 0 saturated heterocycles. The summed E-state index contributed by atoms with van der Waals surface area (Å²) in [5, 5.41) is 2.82. The molecule has 0 spiro atoms. The fourth-order valence-corrected chi connectivity index (χ4v) is 2.20. The molecule has 5 nitrogen and oxygen atoms in total. The van der Waals surface area contributed by atoms with E-state index in [1.165, 1.54) is 6.26 Å². The molecule has 0 radical (unpaired) electrons. The van der Waals surface area contributed by atoms with E-state index in [1.54, 1.807) is 12.3 Å². The molecule has 3 rings (SSSR count). The van der Waals surface area contributed by atoms with Gasteiger partial charge in [-0.2, -0.15) is 0 Å². The number of hydrogen-bond donors (Lipinski definition) is 1. The third-order valence-electron chi connectivity index (χ3n) is 3.35. The van der Waals surface area contributed by atoms with Gasteiger partial charge in [-0.3, -0.25) is 4.79 Å². The molecule has 1 aromatic carbocycles. The largest absolute Gasteiger partial charge is 0.467 e. The molecule has 0 bridgehead atoms. The first kappa shape index (κ1) is 15.1. The zero-order valence-corrected chi connectivity index (χ0v) is 12.7. The van der Waals surface area contributed by atoms with E-state index in [1.807, 2.05) is 43.3 Å². The maximum atomic E-state index is 12.1. The quantitative estimate of drug-likeness (QED) is 0.742. The summed E-state index contributed by atoms with van der Waals surface area (Å²) in [6.07, 6.45) is 3.12. The minimum atomic E-state index is -0.263. The monoisotopic (exact) mass is 311 g/mol. The highest BCUT2D eigenvalue weighted by Gasteiger charge is 2.12. The van der Waals surface area contributed by atoms with Crippen molar-refractivity contribution in [3.8, 4) is 0 Å². The van der Waals surface area contributed by atoms with Crippen LogP contribution in [-0.2, 0) is 18.0 Å². The average molecular weight is 311 g/mol. The number of furan rings is 2. The SMILES string of the molecule is Cc1ccoc1C(=O)Nc1cccc(COCc2ccco2)c1. The van der Waals surface area contributed by atoms with Crippen molar-refractivity contribution in [2.45, 2.75) is 20.1 Å². The molecule has 0 atom stereocenters. The highest BCUT2D eigenvalue weighted by atomic mass is 16.5. The number of anilines is 1. The van der Waals surface area contributed by atoms with Crippen molar-refractivity contribution >= 4 is 11.6 Å². The second kappa shape index (κ2) is 6.98. The van der Waals surface area contributed by atoms with Crippen LogP contribution < -0.4 is 5.32 Å². The Hall–Kier alpha value is -2.79. The Morgan fingerprint density at radius 3 is 2.74 bits per heavy atom. The summed E-state index contributed by atoms with van der Waals surface area (Å²) in [6, 6.07) is 13.0. The summed E-state index contributed by atoms with van der Waals surface area (Å²) in [7, 11) is 0. The van der Waals surface area contributed by atoms with Crippen LogP contribution in [0.25, 0.3) is 0 Å². The van der Waals surface area contributed by atoms with Crippen LogP contribution in [0.15, 0.2) is 63.8 Å². The van der Waals surface area contributed by atoms with E-state index in [-0.39, 0.29) is 5.91 Å². The number of nitrogens with one attached hydrogen (secondary N) is 1. The summed E-state index contributed by atoms with van der Waals surface area (Å²) in [4.78, 5) is 12.1. The molecule has 2 heterocycles. The molecule has 118 valence electrons. The molecular formula is C18H17NO4. The molecule has 2 aromatic heterocycles. The molecular weight excluding hydrogens is 294 g/mol. The van der Waals surface area contributed by atoms with E-state index in [2.05, 4.69) is 5.32 Å². The zero-order valence-electron chi connectivity index (χ0n) is 12.7. The van der Waals surface area contributed by atoms with Crippen LogP contribution in [0.2, 0.25) is 0 Å². The molecule has 1 amide bonds. The van der Waals surface area contributed by atoms with Crippen LogP contribution >= 0.6 is 0 Å². The van der Waals surface area contributed by atoms with Crippen molar-refractivity contribution in [1.82, 2.24) is 0 Å². The molecule has 0 aliphatic carbocycles. The molecule has 1 N–H and O–H groups in total. The first-order valence-corrected chi connectivity index (χ1v) is 7.27. The van der Waals surface area contributed by atoms with Gasteiger partial charge in [-0.25, -0.2) is 0 Å². The number of benzene rings is 1. The van der Waals surface area contributed by atoms with Gasteiger partial charge in [0.1, 0.15) is 12.4 Å². The van der Waals surface area contributed by atoms with Crippen LogP contribution in [-0.4, -0.2) is 5.91 Å². The standard InChI is InChI=1S/C18H17NO4/c1-13-7-9-23-17(13)18(20)19-15-5-2-4-14(10-15)11-21-12-16-6-3-8-22-16/h2-10H,11-12H2,1H3,(H,19,20). The number of ether oxygens (including phenoxy) is 1. The Morgan fingerprint density at radius 1 is 1.09 bits per heavy atom. The van der Waals surface area contributed by atoms with Crippen LogP contribution in [0.5, 0.6) is 0 Å². The summed E-state index contributed by atoms with van der Waals surface area (Å²) < 4.78 is 16.0. The second-order valence-corrected chi connectivity index (χ2v) is 5.16. The van der Waals surface area contributed by atoms with Crippen molar-refractivity contribution < 1.29 is 18.4 Å². The van der Waals surface area contributed by atoms with E-state index < -0.39 is 0 Å². The highest BCUT2D eigenvalue weighted by molar-refractivity contribution is 6.03. The molecule has 0 aliphatic rings. The van der Waals surface area contributed by atoms with Crippen LogP contribution in [0.4, 0.5) is 5.69 Å². The van der Waals surface area contributed by atoms with E-state index in [0.717, 1.165) is 16.9 Å². The lowest BCUT2D eigenvalue weighted by molar-refractivity contribution is 0.0929.